The minimum Gasteiger partial charge on any atom is -0.370 e. The molecular formula is C16H23N3O2. The van der Waals surface area contributed by atoms with Gasteiger partial charge >= 0.3 is 0 Å². The molecule has 0 spiro atoms. The molecule has 5 heteroatoms. The van der Waals surface area contributed by atoms with Crippen molar-refractivity contribution in [2.45, 2.75) is 32.4 Å². The molecule has 1 aromatic carbocycles. The van der Waals surface area contributed by atoms with Crippen molar-refractivity contribution in [2.75, 3.05) is 13.1 Å². The summed E-state index contributed by atoms with van der Waals surface area (Å²) in [5.41, 5.74) is 6.28. The molecule has 3 N–H and O–H groups in total. The third-order valence-corrected chi connectivity index (χ3v) is 3.96. The normalized spacial score (nSPS) is 21.2. The van der Waals surface area contributed by atoms with E-state index in [1.54, 1.807) is 4.90 Å². The van der Waals surface area contributed by atoms with E-state index >= 15 is 0 Å². The first-order valence-corrected chi connectivity index (χ1v) is 7.42. The summed E-state index contributed by atoms with van der Waals surface area (Å²) in [5.74, 6) is 0.00254. The maximum atomic E-state index is 12.7. The Morgan fingerprint density at radius 1 is 1.33 bits per heavy atom. The van der Waals surface area contributed by atoms with E-state index in [0.29, 0.717) is 19.0 Å². The SMILES string of the molecule is CC1CCNC1C(=O)N(CCC(N)=O)Cc1ccccc1. The van der Waals surface area contributed by atoms with Gasteiger partial charge in [0.2, 0.25) is 11.8 Å². The molecule has 0 saturated carbocycles. The molecule has 1 aromatic rings. The van der Waals surface area contributed by atoms with E-state index in [-0.39, 0.29) is 24.3 Å². The van der Waals surface area contributed by atoms with Crippen LogP contribution in [0.15, 0.2) is 30.3 Å². The minimum absolute atomic E-state index is 0.0603. The number of carbonyl (C=O) groups is 2. The average molecular weight is 289 g/mol. The Morgan fingerprint density at radius 3 is 2.62 bits per heavy atom. The molecule has 0 aromatic heterocycles. The summed E-state index contributed by atoms with van der Waals surface area (Å²) in [6.45, 7) is 3.83. The van der Waals surface area contributed by atoms with E-state index in [1.165, 1.54) is 0 Å². The standard InChI is InChI=1S/C16H23N3O2/c1-12-7-9-18-15(12)16(21)19(10-8-14(17)20)11-13-5-3-2-4-6-13/h2-6,12,15,18H,7-11H2,1H3,(H2,17,20). The smallest absolute Gasteiger partial charge is 0.240 e. The molecular weight excluding hydrogens is 266 g/mol. The maximum Gasteiger partial charge on any atom is 0.240 e. The third kappa shape index (κ3) is 4.29. The zero-order valence-electron chi connectivity index (χ0n) is 12.4. The van der Waals surface area contributed by atoms with Crippen molar-refractivity contribution in [2.24, 2.45) is 11.7 Å². The van der Waals surface area contributed by atoms with Crippen molar-refractivity contribution < 1.29 is 9.59 Å². The molecule has 114 valence electrons. The number of carbonyl (C=O) groups excluding carboxylic acids is 2. The van der Waals surface area contributed by atoms with Crippen LogP contribution >= 0.6 is 0 Å². The van der Waals surface area contributed by atoms with Gasteiger partial charge in [0.25, 0.3) is 0 Å². The lowest BCUT2D eigenvalue weighted by atomic mass is 10.0. The summed E-state index contributed by atoms with van der Waals surface area (Å²) < 4.78 is 0. The molecule has 0 bridgehead atoms. The van der Waals surface area contributed by atoms with E-state index in [1.807, 2.05) is 30.3 Å². The van der Waals surface area contributed by atoms with Gasteiger partial charge in [0.1, 0.15) is 0 Å². The van der Waals surface area contributed by atoms with E-state index in [4.69, 9.17) is 5.73 Å². The number of hydrogen-bond donors (Lipinski definition) is 2. The second kappa shape index (κ2) is 7.22. The number of primary amides is 1. The first kappa shape index (κ1) is 15.5. The Hall–Kier alpha value is -1.88. The molecule has 2 rings (SSSR count). The van der Waals surface area contributed by atoms with Crippen LogP contribution in [0.4, 0.5) is 0 Å². The first-order chi connectivity index (χ1) is 10.1. The zero-order chi connectivity index (χ0) is 15.2. The molecule has 1 aliphatic heterocycles. The van der Waals surface area contributed by atoms with Crippen molar-refractivity contribution in [1.29, 1.82) is 0 Å². The van der Waals surface area contributed by atoms with Crippen LogP contribution in [0, 0.1) is 5.92 Å². The molecule has 2 unspecified atom stereocenters. The van der Waals surface area contributed by atoms with Crippen LogP contribution in [0.2, 0.25) is 0 Å². The Balaban J connectivity index is 2.07. The van der Waals surface area contributed by atoms with Gasteiger partial charge in [0.05, 0.1) is 6.04 Å². The highest BCUT2D eigenvalue weighted by molar-refractivity contribution is 5.83. The monoisotopic (exact) mass is 289 g/mol. The Bertz CT molecular complexity index is 490. The van der Waals surface area contributed by atoms with Crippen molar-refractivity contribution in [3.05, 3.63) is 35.9 Å². The second-order valence-electron chi connectivity index (χ2n) is 5.66. The molecule has 0 radical (unpaired) electrons. The van der Waals surface area contributed by atoms with Gasteiger partial charge in [0, 0.05) is 19.5 Å². The van der Waals surface area contributed by atoms with Gasteiger partial charge in [-0.25, -0.2) is 0 Å². The lowest BCUT2D eigenvalue weighted by Crippen LogP contribution is -2.46. The zero-order valence-corrected chi connectivity index (χ0v) is 12.4. The Kier molecular flexibility index (Phi) is 5.33. The van der Waals surface area contributed by atoms with Gasteiger partial charge < -0.3 is 16.0 Å². The van der Waals surface area contributed by atoms with Crippen LogP contribution in [-0.2, 0) is 16.1 Å². The summed E-state index contributed by atoms with van der Waals surface area (Å²) in [6.07, 6.45) is 1.20. The quantitative estimate of drug-likeness (QED) is 0.816. The molecule has 0 aliphatic carbocycles. The molecule has 5 nitrogen and oxygen atoms in total. The van der Waals surface area contributed by atoms with Gasteiger partial charge in [-0.2, -0.15) is 0 Å². The summed E-state index contributed by atoms with van der Waals surface area (Å²) in [5, 5.41) is 3.25. The van der Waals surface area contributed by atoms with Gasteiger partial charge in [-0.05, 0) is 24.4 Å². The third-order valence-electron chi connectivity index (χ3n) is 3.96. The Morgan fingerprint density at radius 2 is 2.05 bits per heavy atom. The van der Waals surface area contributed by atoms with Crippen LogP contribution in [0.1, 0.15) is 25.3 Å². The molecule has 1 saturated heterocycles. The van der Waals surface area contributed by atoms with Gasteiger partial charge in [0.15, 0.2) is 0 Å². The number of rotatable bonds is 6. The number of nitrogens with zero attached hydrogens (tertiary/aromatic N) is 1. The average Bonchev–Trinajstić information content (AvgIpc) is 2.90. The van der Waals surface area contributed by atoms with Crippen LogP contribution in [-0.4, -0.2) is 35.8 Å². The second-order valence-corrected chi connectivity index (χ2v) is 5.66. The highest BCUT2D eigenvalue weighted by atomic mass is 16.2. The summed E-state index contributed by atoms with van der Waals surface area (Å²) >= 11 is 0. The number of hydrogen-bond acceptors (Lipinski definition) is 3. The topological polar surface area (TPSA) is 75.4 Å². The van der Waals surface area contributed by atoms with Crippen molar-refractivity contribution in [3.8, 4) is 0 Å². The Labute approximate surface area is 125 Å². The minimum atomic E-state index is -0.381. The molecule has 1 fully saturated rings. The lowest BCUT2D eigenvalue weighted by Gasteiger charge is -2.27. The number of amides is 2. The van der Waals surface area contributed by atoms with Crippen molar-refractivity contribution in [1.82, 2.24) is 10.2 Å². The van der Waals surface area contributed by atoms with E-state index < -0.39 is 0 Å². The van der Waals surface area contributed by atoms with E-state index in [0.717, 1.165) is 18.5 Å². The van der Waals surface area contributed by atoms with E-state index in [9.17, 15) is 9.59 Å². The van der Waals surface area contributed by atoms with E-state index in [2.05, 4.69) is 12.2 Å². The largest absolute Gasteiger partial charge is 0.370 e. The lowest BCUT2D eigenvalue weighted by molar-refractivity contribution is -0.135. The highest BCUT2D eigenvalue weighted by Gasteiger charge is 2.32. The van der Waals surface area contributed by atoms with Crippen LogP contribution in [0.5, 0.6) is 0 Å². The van der Waals surface area contributed by atoms with Crippen LogP contribution in [0.3, 0.4) is 0 Å². The number of nitrogens with one attached hydrogen (secondary N) is 1. The molecule has 1 aliphatic rings. The van der Waals surface area contributed by atoms with Gasteiger partial charge in [-0.3, -0.25) is 9.59 Å². The molecule has 1 heterocycles. The summed E-state index contributed by atoms with van der Waals surface area (Å²) in [7, 11) is 0. The molecule has 21 heavy (non-hydrogen) atoms. The fraction of sp³-hybridized carbons (Fsp3) is 0.500. The fourth-order valence-corrected chi connectivity index (χ4v) is 2.68. The van der Waals surface area contributed by atoms with Crippen LogP contribution < -0.4 is 11.1 Å². The van der Waals surface area contributed by atoms with Crippen molar-refractivity contribution in [3.63, 3.8) is 0 Å². The summed E-state index contributed by atoms with van der Waals surface area (Å²) in [4.78, 5) is 25.5. The van der Waals surface area contributed by atoms with Gasteiger partial charge in [-0.1, -0.05) is 37.3 Å². The van der Waals surface area contributed by atoms with Crippen LogP contribution in [0.25, 0.3) is 0 Å². The first-order valence-electron chi connectivity index (χ1n) is 7.42. The fourth-order valence-electron chi connectivity index (χ4n) is 2.68. The highest BCUT2D eigenvalue weighted by Crippen LogP contribution is 2.18. The predicted octanol–water partition coefficient (Wildman–Crippen LogP) is 0.889. The molecule has 2 atom stereocenters. The maximum absolute atomic E-state index is 12.7. The number of nitrogens with two attached hydrogens (primary N) is 1. The summed E-state index contributed by atoms with van der Waals surface area (Å²) in [6, 6.07) is 9.65. The number of benzene rings is 1. The predicted molar refractivity (Wildman–Crippen MR) is 81.2 cm³/mol. The van der Waals surface area contributed by atoms with Gasteiger partial charge in [-0.15, -0.1) is 0 Å². The van der Waals surface area contributed by atoms with Crippen molar-refractivity contribution >= 4 is 11.8 Å². The molecule has 2 amide bonds.